The molecule has 6 nitrogen and oxygen atoms in total. The van der Waals surface area contributed by atoms with Gasteiger partial charge in [-0.3, -0.25) is 14.4 Å². The summed E-state index contributed by atoms with van der Waals surface area (Å²) >= 11 is 6.07. The highest BCUT2D eigenvalue weighted by molar-refractivity contribution is 6.34. The smallest absolute Gasteiger partial charge is 0.257 e. The van der Waals surface area contributed by atoms with Crippen LogP contribution in [0.4, 0.5) is 5.69 Å². The predicted molar refractivity (Wildman–Crippen MR) is 122 cm³/mol. The average Bonchev–Trinajstić information content (AvgIpc) is 2.77. The van der Waals surface area contributed by atoms with Gasteiger partial charge in [0.25, 0.3) is 11.8 Å². The number of rotatable bonds is 6. The van der Waals surface area contributed by atoms with Gasteiger partial charge >= 0.3 is 0 Å². The van der Waals surface area contributed by atoms with Crippen molar-refractivity contribution in [1.29, 1.82) is 0 Å². The number of amides is 3. The maximum Gasteiger partial charge on any atom is 0.257 e. The molecule has 1 fully saturated rings. The van der Waals surface area contributed by atoms with Crippen LogP contribution in [0.2, 0.25) is 5.02 Å². The summed E-state index contributed by atoms with van der Waals surface area (Å²) in [6, 6.07) is 13.6. The molecule has 0 radical (unpaired) electrons. The van der Waals surface area contributed by atoms with Gasteiger partial charge in [-0.2, -0.15) is 0 Å². The highest BCUT2D eigenvalue weighted by Crippen LogP contribution is 2.21. The van der Waals surface area contributed by atoms with E-state index in [0.29, 0.717) is 47.4 Å². The number of nitrogens with zero attached hydrogens (tertiary/aromatic N) is 1. The molecule has 7 heteroatoms. The maximum absolute atomic E-state index is 12.9. The molecule has 3 amide bonds. The van der Waals surface area contributed by atoms with Gasteiger partial charge in [0.05, 0.1) is 16.5 Å². The predicted octanol–water partition coefficient (Wildman–Crippen LogP) is 4.22. The molecule has 31 heavy (non-hydrogen) atoms. The van der Waals surface area contributed by atoms with Crippen molar-refractivity contribution in [2.45, 2.75) is 26.7 Å². The van der Waals surface area contributed by atoms with E-state index in [-0.39, 0.29) is 23.6 Å². The second kappa shape index (κ2) is 10.4. The highest BCUT2D eigenvalue weighted by atomic mass is 35.5. The summed E-state index contributed by atoms with van der Waals surface area (Å²) in [4.78, 5) is 39.4. The molecule has 164 valence electrons. The number of piperidine rings is 1. The fourth-order valence-corrected chi connectivity index (χ4v) is 3.77. The van der Waals surface area contributed by atoms with Crippen LogP contribution in [0.3, 0.4) is 0 Å². The van der Waals surface area contributed by atoms with Gasteiger partial charge in [0.2, 0.25) is 5.91 Å². The van der Waals surface area contributed by atoms with E-state index in [1.54, 1.807) is 53.4 Å². The van der Waals surface area contributed by atoms with Gasteiger partial charge in [0.1, 0.15) is 0 Å². The third kappa shape index (κ3) is 6.07. The van der Waals surface area contributed by atoms with Crippen LogP contribution in [0.25, 0.3) is 0 Å². The molecule has 0 aliphatic carbocycles. The monoisotopic (exact) mass is 441 g/mol. The Balaban J connectivity index is 1.60. The first-order valence-electron chi connectivity index (χ1n) is 10.6. The lowest BCUT2D eigenvalue weighted by Gasteiger charge is -2.32. The Kier molecular flexibility index (Phi) is 7.69. The van der Waals surface area contributed by atoms with E-state index in [4.69, 9.17) is 11.6 Å². The summed E-state index contributed by atoms with van der Waals surface area (Å²) < 4.78 is 0. The number of carbonyl (C=O) groups excluding carboxylic acids is 3. The first-order chi connectivity index (χ1) is 14.8. The Labute approximate surface area is 188 Å². The summed E-state index contributed by atoms with van der Waals surface area (Å²) in [7, 11) is 0. The molecule has 0 saturated carbocycles. The summed E-state index contributed by atoms with van der Waals surface area (Å²) in [5.74, 6) is -0.182. The van der Waals surface area contributed by atoms with E-state index in [2.05, 4.69) is 24.5 Å². The topological polar surface area (TPSA) is 78.5 Å². The first-order valence-corrected chi connectivity index (χ1v) is 11.0. The summed E-state index contributed by atoms with van der Waals surface area (Å²) in [5, 5.41) is 6.13. The molecule has 1 heterocycles. The minimum absolute atomic E-state index is 0.0174. The molecular weight excluding hydrogens is 414 g/mol. The Morgan fingerprint density at radius 1 is 1.10 bits per heavy atom. The normalized spacial score (nSPS) is 16.1. The lowest BCUT2D eigenvalue weighted by Crippen LogP contribution is -2.46. The molecule has 3 rings (SSSR count). The van der Waals surface area contributed by atoms with Crippen LogP contribution in [0.15, 0.2) is 48.5 Å². The van der Waals surface area contributed by atoms with Gasteiger partial charge in [0.15, 0.2) is 0 Å². The van der Waals surface area contributed by atoms with Crippen LogP contribution in [-0.4, -0.2) is 42.3 Å². The van der Waals surface area contributed by atoms with E-state index in [0.717, 1.165) is 12.8 Å². The van der Waals surface area contributed by atoms with Gasteiger partial charge < -0.3 is 15.5 Å². The zero-order valence-corrected chi connectivity index (χ0v) is 18.6. The van der Waals surface area contributed by atoms with E-state index >= 15 is 0 Å². The van der Waals surface area contributed by atoms with Crippen LogP contribution in [0.5, 0.6) is 0 Å². The molecule has 1 atom stereocenters. The molecule has 1 saturated heterocycles. The van der Waals surface area contributed by atoms with Crippen molar-refractivity contribution in [3.8, 4) is 0 Å². The summed E-state index contributed by atoms with van der Waals surface area (Å²) in [6.07, 6.45) is 1.60. The Morgan fingerprint density at radius 2 is 1.81 bits per heavy atom. The minimum Gasteiger partial charge on any atom is -0.356 e. The molecule has 1 aliphatic heterocycles. The van der Waals surface area contributed by atoms with Crippen molar-refractivity contribution in [2.24, 2.45) is 11.8 Å². The molecule has 1 aliphatic rings. The Morgan fingerprint density at radius 3 is 2.48 bits per heavy atom. The number of halogens is 1. The van der Waals surface area contributed by atoms with E-state index in [9.17, 15) is 14.4 Å². The molecule has 0 aromatic heterocycles. The highest BCUT2D eigenvalue weighted by Gasteiger charge is 2.28. The van der Waals surface area contributed by atoms with Gasteiger partial charge in [-0.05, 0) is 55.2 Å². The Bertz CT molecular complexity index is 943. The van der Waals surface area contributed by atoms with Crippen LogP contribution in [0, 0.1) is 11.8 Å². The lowest BCUT2D eigenvalue weighted by molar-refractivity contribution is -0.126. The van der Waals surface area contributed by atoms with E-state index in [1.807, 2.05) is 0 Å². The largest absolute Gasteiger partial charge is 0.356 e. The van der Waals surface area contributed by atoms with Crippen molar-refractivity contribution in [2.75, 3.05) is 25.0 Å². The number of hydrogen-bond donors (Lipinski definition) is 2. The SMILES string of the molecule is CC(C)CNC(=O)C1CCCN(C(=O)c2ccc(NC(=O)c3ccccc3Cl)cc2)C1. The number of nitrogens with one attached hydrogen (secondary N) is 2. The minimum atomic E-state index is -0.309. The molecule has 2 aromatic rings. The van der Waals surface area contributed by atoms with Crippen LogP contribution >= 0.6 is 11.6 Å². The van der Waals surface area contributed by atoms with Crippen LogP contribution in [-0.2, 0) is 4.79 Å². The average molecular weight is 442 g/mol. The number of hydrogen-bond acceptors (Lipinski definition) is 3. The fraction of sp³-hybridized carbons (Fsp3) is 0.375. The van der Waals surface area contributed by atoms with Gasteiger partial charge in [0, 0.05) is 30.9 Å². The van der Waals surface area contributed by atoms with Crippen molar-refractivity contribution in [1.82, 2.24) is 10.2 Å². The van der Waals surface area contributed by atoms with E-state index in [1.165, 1.54) is 0 Å². The first kappa shape index (κ1) is 22.8. The van der Waals surface area contributed by atoms with Gasteiger partial charge in [-0.25, -0.2) is 0 Å². The molecule has 0 spiro atoms. The Hall–Kier alpha value is -2.86. The van der Waals surface area contributed by atoms with Crippen molar-refractivity contribution >= 4 is 35.0 Å². The molecule has 2 N–H and O–H groups in total. The van der Waals surface area contributed by atoms with Crippen molar-refractivity contribution in [3.05, 3.63) is 64.7 Å². The van der Waals surface area contributed by atoms with E-state index < -0.39 is 0 Å². The quantitative estimate of drug-likeness (QED) is 0.704. The second-order valence-electron chi connectivity index (χ2n) is 8.24. The third-order valence-corrected chi connectivity index (χ3v) is 5.60. The number of anilines is 1. The maximum atomic E-state index is 12.9. The summed E-state index contributed by atoms with van der Waals surface area (Å²) in [5.41, 5.74) is 1.49. The zero-order valence-electron chi connectivity index (χ0n) is 17.9. The molecule has 2 aromatic carbocycles. The molecular formula is C24H28ClN3O3. The van der Waals surface area contributed by atoms with Gasteiger partial charge in [-0.15, -0.1) is 0 Å². The zero-order chi connectivity index (χ0) is 22.4. The molecule has 1 unspecified atom stereocenters. The fourth-order valence-electron chi connectivity index (χ4n) is 3.55. The summed E-state index contributed by atoms with van der Waals surface area (Å²) in [6.45, 7) is 5.81. The van der Waals surface area contributed by atoms with Crippen LogP contribution < -0.4 is 10.6 Å². The van der Waals surface area contributed by atoms with Gasteiger partial charge in [-0.1, -0.05) is 37.6 Å². The number of carbonyl (C=O) groups is 3. The van der Waals surface area contributed by atoms with Crippen LogP contribution in [0.1, 0.15) is 47.4 Å². The lowest BCUT2D eigenvalue weighted by atomic mass is 9.96. The number of benzene rings is 2. The molecule has 0 bridgehead atoms. The standard InChI is InChI=1S/C24H28ClN3O3/c1-16(2)14-26-22(29)18-6-5-13-28(15-18)24(31)17-9-11-19(12-10-17)27-23(30)20-7-3-4-8-21(20)25/h3-4,7-12,16,18H,5-6,13-15H2,1-2H3,(H,26,29)(H,27,30). The number of likely N-dealkylation sites (tertiary alicyclic amines) is 1. The third-order valence-electron chi connectivity index (χ3n) is 5.27. The van der Waals surface area contributed by atoms with Crippen molar-refractivity contribution < 1.29 is 14.4 Å². The van der Waals surface area contributed by atoms with Crippen molar-refractivity contribution in [3.63, 3.8) is 0 Å². The second-order valence-corrected chi connectivity index (χ2v) is 8.65.